The van der Waals surface area contributed by atoms with E-state index < -0.39 is 104 Å². The third kappa shape index (κ3) is 29.0. The molecule has 29 heteroatoms. The lowest BCUT2D eigenvalue weighted by molar-refractivity contribution is 0.0230. The van der Waals surface area contributed by atoms with Gasteiger partial charge >= 0.3 is 38.9 Å². The van der Waals surface area contributed by atoms with Crippen molar-refractivity contribution in [2.45, 2.75) is 25.0 Å². The number of phosphoric ester groups is 4. The third-order valence-corrected chi connectivity index (χ3v) is 9.52. The number of ether oxygens (including phenoxy) is 2. The SMILES string of the molecule is CNCOCCC(CO)OP(=O)(O)OCCOP(=O)(O)OCCOP(=O)(O)OCC(CCOCNC)OP(=O)(O)OCCOP(C)(=O)O. The van der Waals surface area contributed by atoms with Gasteiger partial charge in [0.2, 0.25) is 0 Å². The Morgan fingerprint density at radius 2 is 0.875 bits per heavy atom. The average molecular weight is 810 g/mol. The highest BCUT2D eigenvalue weighted by atomic mass is 31.2. The second-order valence-electron chi connectivity index (χ2n) is 9.00. The van der Waals surface area contributed by atoms with Crippen LogP contribution < -0.4 is 10.6 Å². The van der Waals surface area contributed by atoms with Crippen molar-refractivity contribution in [1.82, 2.24) is 10.6 Å². The van der Waals surface area contributed by atoms with Gasteiger partial charge in [-0.1, -0.05) is 0 Å². The normalized spacial score (nSPS) is 19.8. The molecule has 8 N–H and O–H groups in total. The fourth-order valence-corrected chi connectivity index (χ4v) is 6.44. The molecule has 0 spiro atoms. The molecule has 7 atom stereocenters. The summed E-state index contributed by atoms with van der Waals surface area (Å²) in [4.78, 5) is 48.4. The summed E-state index contributed by atoms with van der Waals surface area (Å²) in [7, 11) is -19.8. The summed E-state index contributed by atoms with van der Waals surface area (Å²) in [5.41, 5.74) is 0. The van der Waals surface area contributed by atoms with Gasteiger partial charge in [0, 0.05) is 6.66 Å². The molecule has 0 aliphatic rings. The van der Waals surface area contributed by atoms with Crippen LogP contribution in [0.1, 0.15) is 12.8 Å². The Hall–Kier alpha value is 0.390. The number of nitrogens with one attached hydrogen (secondary N) is 2. The van der Waals surface area contributed by atoms with Crippen molar-refractivity contribution >= 4 is 38.9 Å². The monoisotopic (exact) mass is 810 g/mol. The van der Waals surface area contributed by atoms with Gasteiger partial charge in [-0.3, -0.25) is 51.4 Å². The highest BCUT2D eigenvalue weighted by molar-refractivity contribution is 7.52. The third-order valence-electron chi connectivity index (χ3n) is 4.71. The summed E-state index contributed by atoms with van der Waals surface area (Å²) in [5.74, 6) is 0. The van der Waals surface area contributed by atoms with Crippen molar-refractivity contribution < 1.29 is 103 Å². The average Bonchev–Trinajstić information content (AvgIpc) is 2.98. The molecule has 0 saturated carbocycles. The van der Waals surface area contributed by atoms with E-state index in [1.165, 1.54) is 0 Å². The van der Waals surface area contributed by atoms with E-state index in [4.69, 9.17) is 27.9 Å². The van der Waals surface area contributed by atoms with Crippen molar-refractivity contribution in [3.63, 3.8) is 0 Å². The lowest BCUT2D eigenvalue weighted by atomic mass is 10.3. The number of aliphatic hydroxyl groups excluding tert-OH is 1. The van der Waals surface area contributed by atoms with E-state index in [1.807, 2.05) is 0 Å². The van der Waals surface area contributed by atoms with E-state index in [0.717, 1.165) is 6.66 Å². The maximum absolute atomic E-state index is 12.2. The Bertz CT molecular complexity index is 1100. The first-order valence-electron chi connectivity index (χ1n) is 13.8. The molecule has 0 aromatic carbocycles. The number of rotatable bonds is 33. The summed E-state index contributed by atoms with van der Waals surface area (Å²) in [6.07, 6.45) is -2.54. The Morgan fingerprint density at radius 3 is 1.27 bits per heavy atom. The smallest absolute Gasteiger partial charge is 0.394 e. The molecule has 290 valence electrons. The largest absolute Gasteiger partial charge is 0.472 e. The van der Waals surface area contributed by atoms with Crippen molar-refractivity contribution in [2.75, 3.05) is 100 Å². The van der Waals surface area contributed by atoms with Crippen LogP contribution >= 0.6 is 38.9 Å². The van der Waals surface area contributed by atoms with E-state index in [0.29, 0.717) is 0 Å². The molecule has 0 aliphatic heterocycles. The van der Waals surface area contributed by atoms with Crippen LogP contribution in [0.3, 0.4) is 0 Å². The van der Waals surface area contributed by atoms with Gasteiger partial charge in [-0.2, -0.15) is 0 Å². The molecule has 48 heavy (non-hydrogen) atoms. The van der Waals surface area contributed by atoms with Gasteiger partial charge < -0.3 is 43.6 Å². The van der Waals surface area contributed by atoms with Crippen LogP contribution in [0, 0.1) is 0 Å². The highest BCUT2D eigenvalue weighted by Gasteiger charge is 2.31. The standard InChI is InChI=1S/C19H47N2O22P5/c1-20-16-33-6-4-18(14-22)42-47(29,30)40-13-12-37-45(25,26)36-10-11-38-46(27,28)41-15-19(5-7-34-17-21-2)43-48(31,32)39-9-8-35-44(3,23)24/h18-22H,4-17H2,1-3H3,(H,23,24)(H,25,26)(H,27,28)(H,29,30)(H,31,32). The van der Waals surface area contributed by atoms with Gasteiger partial charge in [0.25, 0.3) is 0 Å². The van der Waals surface area contributed by atoms with E-state index in [-0.39, 0.29) is 39.5 Å². The van der Waals surface area contributed by atoms with E-state index in [1.54, 1.807) is 14.1 Å². The van der Waals surface area contributed by atoms with Gasteiger partial charge in [0.15, 0.2) is 0 Å². The molecule has 0 amide bonds. The van der Waals surface area contributed by atoms with Crippen LogP contribution in [-0.4, -0.2) is 142 Å². The molecule has 7 unspecified atom stereocenters. The minimum absolute atomic E-state index is 0.0601. The minimum Gasteiger partial charge on any atom is -0.394 e. The fraction of sp³-hybridized carbons (Fsp3) is 1.00. The predicted molar refractivity (Wildman–Crippen MR) is 163 cm³/mol. The second kappa shape index (κ2) is 25.4. The Morgan fingerprint density at radius 1 is 0.521 bits per heavy atom. The maximum atomic E-state index is 12.2. The number of hydrogen-bond acceptors (Lipinski definition) is 19. The van der Waals surface area contributed by atoms with E-state index >= 15 is 0 Å². The van der Waals surface area contributed by atoms with Crippen LogP contribution in [0.4, 0.5) is 0 Å². The zero-order valence-corrected chi connectivity index (χ0v) is 31.0. The molecule has 0 radical (unpaired) electrons. The summed E-state index contributed by atoms with van der Waals surface area (Å²) in [5, 5.41) is 14.7. The van der Waals surface area contributed by atoms with Crippen LogP contribution in [0.5, 0.6) is 0 Å². The first-order chi connectivity index (χ1) is 22.3. The molecule has 0 rings (SSSR count). The summed E-state index contributed by atoms with van der Waals surface area (Å²) >= 11 is 0. The highest BCUT2D eigenvalue weighted by Crippen LogP contribution is 2.49. The number of aliphatic hydroxyl groups is 1. The minimum atomic E-state index is -4.89. The van der Waals surface area contributed by atoms with Gasteiger partial charge in [0.1, 0.15) is 0 Å². The van der Waals surface area contributed by atoms with Gasteiger partial charge in [-0.25, -0.2) is 18.3 Å². The number of hydrogen-bond donors (Lipinski definition) is 8. The van der Waals surface area contributed by atoms with Crippen molar-refractivity contribution in [1.29, 1.82) is 0 Å². The zero-order valence-electron chi connectivity index (χ0n) is 26.5. The van der Waals surface area contributed by atoms with Crippen LogP contribution in [0.2, 0.25) is 0 Å². The second-order valence-corrected chi connectivity index (χ2v) is 16.6. The van der Waals surface area contributed by atoms with Crippen molar-refractivity contribution in [3.8, 4) is 0 Å². The first kappa shape index (κ1) is 48.4. The molecule has 0 aliphatic carbocycles. The van der Waals surface area contributed by atoms with Crippen LogP contribution in [-0.2, 0) is 73.0 Å². The lowest BCUT2D eigenvalue weighted by Crippen LogP contribution is -2.23. The summed E-state index contributed by atoms with van der Waals surface area (Å²) < 4.78 is 112. The lowest BCUT2D eigenvalue weighted by Gasteiger charge is -2.22. The Kier molecular flexibility index (Phi) is 25.6. The summed E-state index contributed by atoms with van der Waals surface area (Å²) in [6, 6.07) is 0. The molecule has 0 aromatic rings. The van der Waals surface area contributed by atoms with Crippen LogP contribution in [0.15, 0.2) is 0 Å². The molecule has 0 bridgehead atoms. The molecule has 0 aromatic heterocycles. The number of phosphoric acid groups is 4. The molecular formula is C19H47N2O22P5. The summed E-state index contributed by atoms with van der Waals surface area (Å²) in [6.45, 7) is -4.33. The van der Waals surface area contributed by atoms with E-state index in [2.05, 4.69) is 37.8 Å². The predicted octanol–water partition coefficient (Wildman–Crippen LogP) is 0.249. The Labute approximate surface area is 277 Å². The molecule has 0 fully saturated rings. The topological polar surface area (TPSA) is 332 Å². The fourth-order valence-electron chi connectivity index (χ4n) is 2.78. The zero-order chi connectivity index (χ0) is 36.7. The molecule has 24 nitrogen and oxygen atoms in total. The maximum Gasteiger partial charge on any atom is 0.472 e. The molecular weight excluding hydrogens is 763 g/mol. The Balaban J connectivity index is 4.64. The molecule has 0 saturated heterocycles. The van der Waals surface area contributed by atoms with Crippen molar-refractivity contribution in [2.24, 2.45) is 0 Å². The van der Waals surface area contributed by atoms with Gasteiger partial charge in [-0.15, -0.1) is 0 Å². The van der Waals surface area contributed by atoms with Crippen LogP contribution in [0.25, 0.3) is 0 Å². The van der Waals surface area contributed by atoms with Crippen molar-refractivity contribution in [3.05, 3.63) is 0 Å². The van der Waals surface area contributed by atoms with Gasteiger partial charge in [-0.05, 0) is 26.9 Å². The first-order valence-corrected chi connectivity index (χ1v) is 21.8. The quantitative estimate of drug-likeness (QED) is 0.0250. The van der Waals surface area contributed by atoms with E-state index in [9.17, 15) is 47.5 Å². The molecule has 0 heterocycles. The van der Waals surface area contributed by atoms with Gasteiger partial charge in [0.05, 0.1) is 91.7 Å².